The third-order valence-electron chi connectivity index (χ3n) is 14.5. The summed E-state index contributed by atoms with van der Waals surface area (Å²) in [5, 5.41) is 4.85. The van der Waals surface area contributed by atoms with E-state index >= 15 is 0 Å². The van der Waals surface area contributed by atoms with Crippen molar-refractivity contribution in [1.82, 2.24) is 0 Å². The highest BCUT2D eigenvalue weighted by Gasteiger charge is 2.36. The van der Waals surface area contributed by atoms with Crippen molar-refractivity contribution in [3.63, 3.8) is 0 Å². The number of aryl methyl sites for hydroxylation is 6. The number of hydrogen-bond donors (Lipinski definition) is 0. The number of hydrogen-bond acceptors (Lipinski definition) is 1. The average Bonchev–Trinajstić information content (AvgIpc) is 3.71. The summed E-state index contributed by atoms with van der Waals surface area (Å²) >= 11 is 2.01. The molecule has 356 valence electrons. The normalized spacial score (nSPS) is 12.3. The lowest BCUT2D eigenvalue weighted by Crippen LogP contribution is -2.54. The molecule has 0 saturated carbocycles. The summed E-state index contributed by atoms with van der Waals surface area (Å²) in [7, 11) is -0.993. The average molecular weight is 929 g/mol. The van der Waals surface area contributed by atoms with E-state index in [1.807, 2.05) is 11.3 Å². The molecule has 1 heterocycles. The van der Waals surface area contributed by atoms with Crippen molar-refractivity contribution in [1.29, 1.82) is 0 Å². The minimum atomic E-state index is -0.993. The fourth-order valence-electron chi connectivity index (χ4n) is 11.0. The molecule has 1 aromatic heterocycles. The van der Waals surface area contributed by atoms with Gasteiger partial charge in [-0.3, -0.25) is 0 Å². The standard InChI is InChI=1S/C64H86BPS/c1-35(2)49-29-52(37(5)6)62(53(30-49)38(7)8)66(63-54(39(9)10)31-50(36(3)4)32-55(63)40(11)12)64-56(41(13)14)33-51(34-57(64)42(15)16)58-23-24-59(67-58)65(60-45(19)25-43(17)26-46(60)20)61-47(21)27-44(18)28-48(61)22/h23-42H,1-22H3. The molecule has 0 aliphatic rings. The minimum absolute atomic E-state index is 0.164. The van der Waals surface area contributed by atoms with Crippen molar-refractivity contribution in [3.05, 3.63) is 151 Å². The summed E-state index contributed by atoms with van der Waals surface area (Å²) in [6.45, 7) is 52.9. The summed E-state index contributed by atoms with van der Waals surface area (Å²) in [5.41, 5.74) is 24.6. The lowest BCUT2D eigenvalue weighted by molar-refractivity contribution is 0.811. The van der Waals surface area contributed by atoms with E-state index in [-0.39, 0.29) is 6.71 Å². The van der Waals surface area contributed by atoms with Crippen LogP contribution in [0.2, 0.25) is 0 Å². The first-order valence-electron chi connectivity index (χ1n) is 25.9. The van der Waals surface area contributed by atoms with Crippen LogP contribution in [-0.4, -0.2) is 6.71 Å². The molecule has 0 saturated heterocycles. The first kappa shape index (κ1) is 52.7. The fourth-order valence-corrected chi connectivity index (χ4v) is 16.3. The highest BCUT2D eigenvalue weighted by Crippen LogP contribution is 2.49. The summed E-state index contributed by atoms with van der Waals surface area (Å²) in [4.78, 5) is 1.36. The smallest absolute Gasteiger partial charge is 0.149 e. The zero-order valence-corrected chi connectivity index (χ0v) is 47.7. The summed E-state index contributed by atoms with van der Waals surface area (Å²) < 4.78 is 1.42. The van der Waals surface area contributed by atoms with E-state index in [9.17, 15) is 0 Å². The van der Waals surface area contributed by atoms with Gasteiger partial charge in [0, 0.05) is 4.88 Å². The maximum atomic E-state index is 2.65. The van der Waals surface area contributed by atoms with Crippen molar-refractivity contribution < 1.29 is 0 Å². The Morgan fingerprint density at radius 3 is 0.910 bits per heavy atom. The van der Waals surface area contributed by atoms with Gasteiger partial charge in [0.15, 0.2) is 0 Å². The monoisotopic (exact) mass is 929 g/mol. The van der Waals surface area contributed by atoms with Crippen LogP contribution in [-0.2, 0) is 0 Å². The molecular formula is C64H86BPS. The van der Waals surface area contributed by atoms with Gasteiger partial charge in [-0.1, -0.05) is 210 Å². The molecule has 5 aromatic carbocycles. The second-order valence-corrected chi connectivity index (χ2v) is 26.1. The van der Waals surface area contributed by atoms with Crippen LogP contribution in [0.3, 0.4) is 0 Å². The van der Waals surface area contributed by atoms with E-state index in [2.05, 4.69) is 225 Å². The van der Waals surface area contributed by atoms with Crippen molar-refractivity contribution >= 4 is 57.6 Å². The first-order valence-corrected chi connectivity index (χ1v) is 28.1. The second-order valence-electron chi connectivity index (χ2n) is 22.9. The molecular weight excluding hydrogens is 843 g/mol. The Morgan fingerprint density at radius 1 is 0.358 bits per heavy atom. The van der Waals surface area contributed by atoms with Crippen LogP contribution < -0.4 is 31.6 Å². The van der Waals surface area contributed by atoms with Crippen LogP contribution in [0.1, 0.15) is 236 Å². The van der Waals surface area contributed by atoms with Crippen LogP contribution in [0.15, 0.2) is 72.8 Å². The largest absolute Gasteiger partial charge is 0.255 e. The molecule has 6 rings (SSSR count). The zero-order valence-electron chi connectivity index (χ0n) is 46.0. The number of benzene rings is 5. The van der Waals surface area contributed by atoms with E-state index in [4.69, 9.17) is 0 Å². The lowest BCUT2D eigenvalue weighted by atomic mass is 9.37. The Balaban J connectivity index is 1.76. The number of thiophene rings is 1. The van der Waals surface area contributed by atoms with E-state index in [1.54, 1.807) is 38.2 Å². The third-order valence-corrected chi connectivity index (χ3v) is 18.6. The Hall–Kier alpha value is -3.71. The van der Waals surface area contributed by atoms with Crippen LogP contribution in [0.5, 0.6) is 0 Å². The Bertz CT molecular complexity index is 2470. The van der Waals surface area contributed by atoms with Gasteiger partial charge in [0.2, 0.25) is 0 Å². The molecule has 0 unspecified atom stereocenters. The van der Waals surface area contributed by atoms with Crippen molar-refractivity contribution in [2.75, 3.05) is 0 Å². The SMILES string of the molecule is Cc1cc(C)c(B(c2ccc(-c3cc(C(C)C)c(P(c4c(C(C)C)cc(C(C)C)cc4C(C)C)c4c(C(C)C)cc(C(C)C)cc4C(C)C)c(C(C)C)c3)s2)c2c(C)cc(C)cc2C)c(C)c1. The molecule has 0 radical (unpaired) electrons. The van der Waals surface area contributed by atoms with E-state index < -0.39 is 7.92 Å². The van der Waals surface area contributed by atoms with Gasteiger partial charge in [0.05, 0.1) is 0 Å². The van der Waals surface area contributed by atoms with Gasteiger partial charge in [-0.05, 0) is 186 Å². The van der Waals surface area contributed by atoms with Gasteiger partial charge >= 0.3 is 0 Å². The topological polar surface area (TPSA) is 0 Å². The molecule has 0 amide bonds. The zero-order chi connectivity index (χ0) is 49.7. The van der Waals surface area contributed by atoms with E-state index in [0.717, 1.165) is 0 Å². The molecule has 0 N–H and O–H groups in total. The van der Waals surface area contributed by atoms with Gasteiger partial charge in [-0.15, -0.1) is 11.3 Å². The van der Waals surface area contributed by atoms with Crippen LogP contribution in [0.4, 0.5) is 0 Å². The molecule has 6 aromatic rings. The maximum Gasteiger partial charge on any atom is 0.255 e. The van der Waals surface area contributed by atoms with Gasteiger partial charge in [0.25, 0.3) is 6.71 Å². The van der Waals surface area contributed by atoms with Crippen molar-refractivity contribution in [3.8, 4) is 10.4 Å². The first-order chi connectivity index (χ1) is 31.3. The molecule has 0 aliphatic heterocycles. The van der Waals surface area contributed by atoms with E-state index in [1.165, 1.54) is 81.8 Å². The molecule has 0 fully saturated rings. The summed E-state index contributed by atoms with van der Waals surface area (Å²) in [6, 6.07) is 30.3. The summed E-state index contributed by atoms with van der Waals surface area (Å²) in [5.74, 6) is 3.14. The molecule has 0 aliphatic carbocycles. The molecule has 0 bridgehead atoms. The predicted molar refractivity (Wildman–Crippen MR) is 307 cm³/mol. The van der Waals surface area contributed by atoms with Gasteiger partial charge < -0.3 is 0 Å². The Labute approximate surface area is 416 Å². The molecule has 0 spiro atoms. The second kappa shape index (κ2) is 21.1. The quantitative estimate of drug-likeness (QED) is 0.0711. The van der Waals surface area contributed by atoms with Gasteiger partial charge in [-0.2, -0.15) is 0 Å². The Morgan fingerprint density at radius 2 is 0.642 bits per heavy atom. The number of rotatable bonds is 15. The summed E-state index contributed by atoms with van der Waals surface area (Å²) in [6.07, 6.45) is 0. The minimum Gasteiger partial charge on any atom is -0.149 e. The third kappa shape index (κ3) is 10.7. The van der Waals surface area contributed by atoms with E-state index in [0.29, 0.717) is 47.3 Å². The Kier molecular flexibility index (Phi) is 16.6. The van der Waals surface area contributed by atoms with Crippen molar-refractivity contribution in [2.24, 2.45) is 0 Å². The molecule has 3 heteroatoms. The highest BCUT2D eigenvalue weighted by molar-refractivity contribution is 7.80. The predicted octanol–water partition coefficient (Wildman–Crippen LogP) is 16.5. The van der Waals surface area contributed by atoms with Crippen molar-refractivity contribution in [2.45, 2.75) is 200 Å². The molecule has 67 heavy (non-hydrogen) atoms. The highest BCUT2D eigenvalue weighted by atomic mass is 32.1. The van der Waals surface area contributed by atoms with Gasteiger partial charge in [0.1, 0.15) is 0 Å². The fraction of sp³-hybridized carbons (Fsp3) is 0.469. The van der Waals surface area contributed by atoms with Crippen LogP contribution in [0, 0.1) is 41.5 Å². The maximum absolute atomic E-state index is 2.65. The van der Waals surface area contributed by atoms with Crippen LogP contribution in [0.25, 0.3) is 10.4 Å². The molecule has 0 atom stereocenters. The lowest BCUT2D eigenvalue weighted by Gasteiger charge is -2.37. The van der Waals surface area contributed by atoms with Gasteiger partial charge in [-0.25, -0.2) is 0 Å². The molecule has 0 nitrogen and oxygen atoms in total. The van der Waals surface area contributed by atoms with Crippen LogP contribution >= 0.6 is 19.3 Å².